The summed E-state index contributed by atoms with van der Waals surface area (Å²) in [6.45, 7) is 5.67. The van der Waals surface area contributed by atoms with E-state index in [1.165, 1.54) is 11.3 Å². The molecule has 0 aliphatic heterocycles. The first-order chi connectivity index (χ1) is 7.72. The van der Waals surface area contributed by atoms with Crippen LogP contribution in [0.1, 0.15) is 22.5 Å². The molecule has 2 aromatic rings. The van der Waals surface area contributed by atoms with Gasteiger partial charge in [-0.2, -0.15) is 5.10 Å². The van der Waals surface area contributed by atoms with Gasteiger partial charge in [-0.25, -0.2) is 0 Å². The van der Waals surface area contributed by atoms with Crippen LogP contribution < -0.4 is 5.32 Å². The zero-order chi connectivity index (χ0) is 11.5. The average Bonchev–Trinajstić information content (AvgIpc) is 2.84. The first-order valence-electron chi connectivity index (χ1n) is 5.28. The fourth-order valence-electron chi connectivity index (χ4n) is 1.80. The van der Waals surface area contributed by atoms with Crippen LogP contribution in [0.2, 0.25) is 0 Å². The number of hydrogen-bond donors (Lipinski definition) is 1. The molecule has 0 unspecified atom stereocenters. The second kappa shape index (κ2) is 4.49. The van der Waals surface area contributed by atoms with Crippen LogP contribution in [-0.4, -0.2) is 22.0 Å². The van der Waals surface area contributed by atoms with Gasteiger partial charge in [0.25, 0.3) is 0 Å². The molecule has 0 fully saturated rings. The van der Waals surface area contributed by atoms with E-state index in [9.17, 15) is 0 Å². The second-order valence-corrected chi connectivity index (χ2v) is 3.87. The Morgan fingerprint density at radius 1 is 1.44 bits per heavy atom. The predicted molar refractivity (Wildman–Crippen MR) is 60.1 cm³/mol. The summed E-state index contributed by atoms with van der Waals surface area (Å²) in [6.07, 6.45) is 3.36. The Morgan fingerprint density at radius 2 is 2.25 bits per heavy atom. The van der Waals surface area contributed by atoms with Crippen LogP contribution in [0, 0.1) is 13.8 Å². The van der Waals surface area contributed by atoms with Crippen molar-refractivity contribution in [3.63, 3.8) is 0 Å². The minimum Gasteiger partial charge on any atom is -0.364 e. The number of hydrogen-bond acceptors (Lipinski definition) is 4. The van der Waals surface area contributed by atoms with Crippen LogP contribution in [0.4, 0.5) is 0 Å². The molecule has 0 radical (unpaired) electrons. The molecule has 0 aromatic carbocycles. The van der Waals surface area contributed by atoms with Crippen LogP contribution in [0.3, 0.4) is 0 Å². The Labute approximate surface area is 94.4 Å². The van der Waals surface area contributed by atoms with E-state index < -0.39 is 0 Å². The summed E-state index contributed by atoms with van der Waals surface area (Å²) < 4.78 is 6.79. The maximum Gasteiger partial charge on any atom is 0.128 e. The third-order valence-electron chi connectivity index (χ3n) is 2.70. The van der Waals surface area contributed by atoms with Crippen molar-refractivity contribution in [1.29, 1.82) is 0 Å². The molecule has 5 nitrogen and oxygen atoms in total. The lowest BCUT2D eigenvalue weighted by Gasteiger charge is -2.03. The van der Waals surface area contributed by atoms with Gasteiger partial charge in [-0.15, -0.1) is 0 Å². The van der Waals surface area contributed by atoms with Gasteiger partial charge in [0.2, 0.25) is 0 Å². The quantitative estimate of drug-likeness (QED) is 0.842. The molecule has 0 bridgehead atoms. The first kappa shape index (κ1) is 10.9. The average molecular weight is 220 g/mol. The lowest BCUT2D eigenvalue weighted by Crippen LogP contribution is -2.08. The van der Waals surface area contributed by atoms with Crippen LogP contribution in [0.15, 0.2) is 17.0 Å². The molecule has 0 saturated heterocycles. The lowest BCUT2D eigenvalue weighted by molar-refractivity contribution is 0.418. The Morgan fingerprint density at radius 3 is 2.88 bits per heavy atom. The monoisotopic (exact) mass is 220 g/mol. The van der Waals surface area contributed by atoms with E-state index in [1.54, 1.807) is 12.5 Å². The van der Waals surface area contributed by atoms with E-state index in [0.717, 1.165) is 17.8 Å². The topological polar surface area (TPSA) is 55.9 Å². The fourth-order valence-corrected chi connectivity index (χ4v) is 1.80. The number of nitrogens with zero attached hydrogens (tertiary/aromatic N) is 3. The maximum atomic E-state index is 4.81. The SMILES string of the molecule is CNCc1c(C)nn(Cc2cnoc2)c1C. The van der Waals surface area contributed by atoms with E-state index in [4.69, 9.17) is 4.52 Å². The molecule has 5 heteroatoms. The highest BCUT2D eigenvalue weighted by molar-refractivity contribution is 5.25. The van der Waals surface area contributed by atoms with Gasteiger partial charge < -0.3 is 9.84 Å². The molecule has 2 rings (SSSR count). The van der Waals surface area contributed by atoms with Gasteiger partial charge >= 0.3 is 0 Å². The van der Waals surface area contributed by atoms with Crippen molar-refractivity contribution in [2.75, 3.05) is 7.05 Å². The highest BCUT2D eigenvalue weighted by Crippen LogP contribution is 2.14. The number of aryl methyl sites for hydroxylation is 1. The number of nitrogens with one attached hydrogen (secondary N) is 1. The Balaban J connectivity index is 2.25. The van der Waals surface area contributed by atoms with Crippen molar-refractivity contribution in [3.05, 3.63) is 35.0 Å². The lowest BCUT2D eigenvalue weighted by atomic mass is 10.2. The molecule has 1 N–H and O–H groups in total. The van der Waals surface area contributed by atoms with Crippen LogP contribution in [-0.2, 0) is 13.1 Å². The molecular formula is C11H16N4O. The van der Waals surface area contributed by atoms with Crippen LogP contribution in [0.5, 0.6) is 0 Å². The van der Waals surface area contributed by atoms with Crippen LogP contribution >= 0.6 is 0 Å². The largest absolute Gasteiger partial charge is 0.364 e. The van der Waals surface area contributed by atoms with Gasteiger partial charge in [0.05, 0.1) is 18.4 Å². The minimum absolute atomic E-state index is 0.708. The summed E-state index contributed by atoms with van der Waals surface area (Å²) in [6, 6.07) is 0. The van der Waals surface area contributed by atoms with Crippen molar-refractivity contribution >= 4 is 0 Å². The van der Waals surface area contributed by atoms with Gasteiger partial charge in [0.1, 0.15) is 6.26 Å². The summed E-state index contributed by atoms with van der Waals surface area (Å²) in [7, 11) is 1.94. The van der Waals surface area contributed by atoms with Gasteiger partial charge in [-0.3, -0.25) is 4.68 Å². The van der Waals surface area contributed by atoms with E-state index in [0.29, 0.717) is 6.54 Å². The van der Waals surface area contributed by atoms with Gasteiger partial charge in [-0.05, 0) is 20.9 Å². The molecule has 0 spiro atoms. The fraction of sp³-hybridized carbons (Fsp3) is 0.455. The zero-order valence-electron chi connectivity index (χ0n) is 9.82. The summed E-state index contributed by atoms with van der Waals surface area (Å²) >= 11 is 0. The van der Waals surface area contributed by atoms with Crippen molar-refractivity contribution in [1.82, 2.24) is 20.3 Å². The highest BCUT2D eigenvalue weighted by atomic mass is 16.5. The Kier molecular flexibility index (Phi) is 3.05. The third kappa shape index (κ3) is 1.99. The Bertz CT molecular complexity index is 459. The molecule has 86 valence electrons. The standard InChI is InChI=1S/C11H16N4O/c1-8-11(5-12-3)9(2)15(14-8)6-10-4-13-16-7-10/h4,7,12H,5-6H2,1-3H3. The molecule has 0 atom stereocenters. The summed E-state index contributed by atoms with van der Waals surface area (Å²) in [5.74, 6) is 0. The summed E-state index contributed by atoms with van der Waals surface area (Å²) in [5, 5.41) is 11.3. The van der Waals surface area contributed by atoms with Gasteiger partial charge in [-0.1, -0.05) is 5.16 Å². The van der Waals surface area contributed by atoms with Crippen molar-refractivity contribution < 1.29 is 4.52 Å². The molecular weight excluding hydrogens is 204 g/mol. The summed E-state index contributed by atoms with van der Waals surface area (Å²) in [4.78, 5) is 0. The smallest absolute Gasteiger partial charge is 0.128 e. The number of aromatic nitrogens is 3. The van der Waals surface area contributed by atoms with E-state index in [-0.39, 0.29) is 0 Å². The van der Waals surface area contributed by atoms with E-state index >= 15 is 0 Å². The van der Waals surface area contributed by atoms with E-state index in [2.05, 4.69) is 22.5 Å². The third-order valence-corrected chi connectivity index (χ3v) is 2.70. The van der Waals surface area contributed by atoms with Gasteiger partial charge in [0, 0.05) is 23.4 Å². The van der Waals surface area contributed by atoms with Crippen molar-refractivity contribution in [2.45, 2.75) is 26.9 Å². The van der Waals surface area contributed by atoms with Gasteiger partial charge in [0.15, 0.2) is 0 Å². The second-order valence-electron chi connectivity index (χ2n) is 3.87. The van der Waals surface area contributed by atoms with Crippen molar-refractivity contribution in [2.24, 2.45) is 0 Å². The van der Waals surface area contributed by atoms with Crippen LogP contribution in [0.25, 0.3) is 0 Å². The molecule has 2 heterocycles. The molecule has 0 aliphatic carbocycles. The normalized spacial score (nSPS) is 10.9. The summed E-state index contributed by atoms with van der Waals surface area (Å²) in [5.41, 5.74) is 4.55. The molecule has 0 amide bonds. The Hall–Kier alpha value is -1.62. The minimum atomic E-state index is 0.708. The highest BCUT2D eigenvalue weighted by Gasteiger charge is 2.11. The molecule has 16 heavy (non-hydrogen) atoms. The first-order valence-corrected chi connectivity index (χ1v) is 5.28. The molecule has 0 saturated carbocycles. The maximum absolute atomic E-state index is 4.81. The zero-order valence-corrected chi connectivity index (χ0v) is 9.82. The van der Waals surface area contributed by atoms with E-state index in [1.807, 2.05) is 18.7 Å². The molecule has 2 aromatic heterocycles. The predicted octanol–water partition coefficient (Wildman–Crippen LogP) is 1.26. The molecule has 0 aliphatic rings. The number of rotatable bonds is 4. The van der Waals surface area contributed by atoms with Crippen molar-refractivity contribution in [3.8, 4) is 0 Å².